The molecule has 10 heteroatoms. The molecular weight excluding hydrogens is 540 g/mol. The summed E-state index contributed by atoms with van der Waals surface area (Å²) >= 11 is 0. The van der Waals surface area contributed by atoms with Crippen molar-refractivity contribution in [1.29, 1.82) is 0 Å². The molecular formula is C31H34N4O5S. The van der Waals surface area contributed by atoms with E-state index in [1.54, 1.807) is 18.3 Å². The lowest BCUT2D eigenvalue weighted by Crippen LogP contribution is -3.10. The van der Waals surface area contributed by atoms with Crippen LogP contribution in [0.15, 0.2) is 89.5 Å². The second-order valence-corrected chi connectivity index (χ2v) is 12.0. The van der Waals surface area contributed by atoms with Crippen LogP contribution in [0.4, 0.5) is 0 Å². The van der Waals surface area contributed by atoms with Crippen LogP contribution in [0.5, 0.6) is 11.5 Å². The van der Waals surface area contributed by atoms with Crippen molar-refractivity contribution in [2.75, 3.05) is 32.4 Å². The van der Waals surface area contributed by atoms with Crippen LogP contribution in [0, 0.1) is 0 Å². The van der Waals surface area contributed by atoms with Crippen molar-refractivity contribution in [3.63, 3.8) is 0 Å². The molecule has 0 spiro atoms. The van der Waals surface area contributed by atoms with Gasteiger partial charge in [0.25, 0.3) is 10.0 Å². The number of para-hydroxylation sites is 2. The third-order valence-electron chi connectivity index (χ3n) is 7.31. The monoisotopic (exact) mass is 574 g/mol. The summed E-state index contributed by atoms with van der Waals surface area (Å²) in [4.78, 5) is 14.8. The van der Waals surface area contributed by atoms with Gasteiger partial charge in [-0.2, -0.15) is 4.40 Å². The van der Waals surface area contributed by atoms with Crippen molar-refractivity contribution in [2.24, 2.45) is 4.40 Å². The second-order valence-electron chi connectivity index (χ2n) is 10.4. The summed E-state index contributed by atoms with van der Waals surface area (Å²) in [6, 6.07) is 23.3. The zero-order valence-electron chi connectivity index (χ0n) is 23.0. The number of amides is 1. The fourth-order valence-electron chi connectivity index (χ4n) is 5.42. The van der Waals surface area contributed by atoms with Crippen molar-refractivity contribution in [3.05, 3.63) is 96.2 Å². The topological polar surface area (TPSA) is 117 Å². The number of hydrogen-bond acceptors (Lipinski definition) is 5. The van der Waals surface area contributed by atoms with Crippen LogP contribution >= 0.6 is 0 Å². The quantitative estimate of drug-likeness (QED) is 0.223. The summed E-state index contributed by atoms with van der Waals surface area (Å²) in [5, 5.41) is 16.7. The Morgan fingerprint density at radius 1 is 1.02 bits per heavy atom. The predicted molar refractivity (Wildman–Crippen MR) is 157 cm³/mol. The number of fused-ring (bicyclic) bond motifs is 1. The maximum atomic E-state index is 13.3. The predicted octanol–water partition coefficient (Wildman–Crippen LogP) is 2.27. The van der Waals surface area contributed by atoms with E-state index in [-0.39, 0.29) is 12.3 Å². The number of sulfonamides is 1. The average molecular weight is 575 g/mol. The van der Waals surface area contributed by atoms with E-state index in [0.717, 1.165) is 42.4 Å². The highest BCUT2D eigenvalue weighted by molar-refractivity contribution is 7.89. The Balaban J connectivity index is 1.51. The van der Waals surface area contributed by atoms with Gasteiger partial charge < -0.3 is 24.6 Å². The molecule has 0 bridgehead atoms. The molecule has 1 saturated heterocycles. The minimum atomic E-state index is -3.90. The van der Waals surface area contributed by atoms with Gasteiger partial charge in [0.1, 0.15) is 11.5 Å². The van der Waals surface area contributed by atoms with Crippen molar-refractivity contribution in [3.8, 4) is 11.5 Å². The lowest BCUT2D eigenvalue weighted by molar-refractivity contribution is -0.886. The van der Waals surface area contributed by atoms with Crippen LogP contribution in [0.25, 0.3) is 10.9 Å². The van der Waals surface area contributed by atoms with E-state index >= 15 is 0 Å². The summed E-state index contributed by atoms with van der Waals surface area (Å²) in [5.41, 5.74) is 2.06. The number of likely N-dealkylation sites (tertiary alicyclic amines) is 1. The Morgan fingerprint density at radius 2 is 1.73 bits per heavy atom. The minimum Gasteiger partial charge on any atom is -0.845 e. The zero-order chi connectivity index (χ0) is 28.8. The molecule has 1 amide bonds. The van der Waals surface area contributed by atoms with E-state index in [9.17, 15) is 18.3 Å². The zero-order valence-corrected chi connectivity index (χ0v) is 23.8. The maximum Gasteiger partial charge on any atom is 0.251 e. The molecule has 214 valence electrons. The standard InChI is InChI=1S/C31H34N4O5S/c1-41(38,39)33-31(37)35-22-28(26-14-5-6-15-29(26)35)27(21-30(36)32-16-19-34-17-7-8-18-34)23-10-9-13-25(20-23)40-24-11-3-2-4-12-24/h2-6,9-15,20,22,27H,7-8,16-19,21H2,1H3,(H,32,36)(H,33,37)/t27-/m1/s1. The molecule has 0 radical (unpaired) electrons. The highest BCUT2D eigenvalue weighted by Crippen LogP contribution is 2.36. The fraction of sp³-hybridized carbons (Fsp3) is 0.290. The van der Waals surface area contributed by atoms with Gasteiger partial charge in [-0.1, -0.05) is 48.5 Å². The first-order valence-electron chi connectivity index (χ1n) is 13.8. The Bertz CT molecular complexity index is 1640. The fourth-order valence-corrected chi connectivity index (χ4v) is 5.79. The first kappa shape index (κ1) is 28.4. The molecule has 5 rings (SSSR count). The Kier molecular flexibility index (Phi) is 8.70. The summed E-state index contributed by atoms with van der Waals surface area (Å²) in [6.07, 6.45) is 5.06. The lowest BCUT2D eigenvalue weighted by atomic mass is 9.88. The molecule has 1 aliphatic heterocycles. The van der Waals surface area contributed by atoms with E-state index in [0.29, 0.717) is 23.6 Å². The van der Waals surface area contributed by atoms with Crippen LogP contribution in [0.1, 0.15) is 36.3 Å². The lowest BCUT2D eigenvalue weighted by Gasteiger charge is -2.19. The normalized spacial score (nSPS) is 15.2. The van der Waals surface area contributed by atoms with E-state index in [2.05, 4.69) is 9.71 Å². The van der Waals surface area contributed by atoms with Crippen LogP contribution in [-0.2, 0) is 14.8 Å². The number of nitrogens with zero attached hydrogens (tertiary/aromatic N) is 2. The largest absolute Gasteiger partial charge is 0.845 e. The third-order valence-corrected chi connectivity index (χ3v) is 7.80. The van der Waals surface area contributed by atoms with Crippen LogP contribution < -0.4 is 20.1 Å². The number of hydrogen-bond donors (Lipinski definition) is 2. The van der Waals surface area contributed by atoms with Gasteiger partial charge in [0.05, 0.1) is 44.0 Å². The highest BCUT2D eigenvalue weighted by atomic mass is 32.2. The van der Waals surface area contributed by atoms with E-state index in [4.69, 9.17) is 4.74 Å². The van der Waals surface area contributed by atoms with E-state index in [1.165, 1.54) is 22.3 Å². The molecule has 41 heavy (non-hydrogen) atoms. The molecule has 1 atom stereocenters. The van der Waals surface area contributed by atoms with Crippen molar-refractivity contribution >= 4 is 32.9 Å². The van der Waals surface area contributed by atoms with Gasteiger partial charge in [0, 0.05) is 36.8 Å². The van der Waals surface area contributed by atoms with Crippen LogP contribution in [0.2, 0.25) is 0 Å². The maximum absolute atomic E-state index is 13.3. The average Bonchev–Trinajstić information content (AvgIpc) is 3.60. The summed E-state index contributed by atoms with van der Waals surface area (Å²) in [5.74, 6) is 0.758. The summed E-state index contributed by atoms with van der Waals surface area (Å²) in [6.45, 7) is 3.75. The minimum absolute atomic E-state index is 0.105. The Hall–Kier alpha value is -4.15. The molecule has 2 heterocycles. The van der Waals surface area contributed by atoms with Crippen LogP contribution in [0.3, 0.4) is 0 Å². The van der Waals surface area contributed by atoms with Crippen molar-refractivity contribution in [1.82, 2.24) is 9.88 Å². The number of quaternary nitrogens is 1. The Morgan fingerprint density at radius 3 is 2.49 bits per heavy atom. The molecule has 1 fully saturated rings. The first-order chi connectivity index (χ1) is 19.8. The Labute approximate surface area is 240 Å². The van der Waals surface area contributed by atoms with Crippen molar-refractivity contribution in [2.45, 2.75) is 25.2 Å². The number of nitrogens with one attached hydrogen (secondary N) is 2. The first-order valence-corrected chi connectivity index (χ1v) is 15.6. The van der Waals surface area contributed by atoms with Crippen molar-refractivity contribution < 1.29 is 28.0 Å². The summed E-state index contributed by atoms with van der Waals surface area (Å²) < 4.78 is 34.2. The molecule has 0 aliphatic carbocycles. The number of carbonyl (C=O) groups excluding carboxylic acids is 1. The number of aromatic nitrogens is 1. The second kappa shape index (κ2) is 12.6. The molecule has 0 saturated carbocycles. The summed E-state index contributed by atoms with van der Waals surface area (Å²) in [7, 11) is -3.90. The van der Waals surface area contributed by atoms with Gasteiger partial charge in [-0.05, 0) is 41.5 Å². The van der Waals surface area contributed by atoms with Gasteiger partial charge in [0.15, 0.2) is 0 Å². The molecule has 4 aromatic rings. The smallest absolute Gasteiger partial charge is 0.251 e. The van der Waals surface area contributed by atoms with Crippen LogP contribution in [-0.4, -0.2) is 57.3 Å². The number of ether oxygens (including phenoxy) is 1. The molecule has 9 nitrogen and oxygen atoms in total. The van der Waals surface area contributed by atoms with Gasteiger partial charge in [-0.25, -0.2) is 8.42 Å². The van der Waals surface area contributed by atoms with Gasteiger partial charge in [-0.3, -0.25) is 4.79 Å². The molecule has 1 aromatic heterocycles. The van der Waals surface area contributed by atoms with E-state index in [1.807, 2.05) is 66.7 Å². The molecule has 1 aliphatic rings. The SMILES string of the molecule is CS(=O)(=O)/N=C(/[O-])n1cc([C@H](CC(=O)NCC[NH+]2CCCC2)c2cccc(Oc3ccccc3)c2)c2ccccc21. The number of rotatable bonds is 10. The van der Waals surface area contributed by atoms with Gasteiger partial charge >= 0.3 is 0 Å². The van der Waals surface area contributed by atoms with Gasteiger partial charge in [-0.15, -0.1) is 0 Å². The third kappa shape index (κ3) is 7.33. The van der Waals surface area contributed by atoms with Gasteiger partial charge in [0.2, 0.25) is 5.91 Å². The highest BCUT2D eigenvalue weighted by Gasteiger charge is 2.24. The molecule has 2 N–H and O–H groups in total. The number of carbonyl (C=O) groups is 1. The molecule has 3 aromatic carbocycles. The number of benzene rings is 3. The van der Waals surface area contributed by atoms with E-state index < -0.39 is 22.0 Å². The molecule has 0 unspecified atom stereocenters.